The van der Waals surface area contributed by atoms with Crippen LogP contribution in [-0.2, 0) is 9.47 Å². The van der Waals surface area contributed by atoms with Crippen molar-refractivity contribution in [1.82, 2.24) is 20.0 Å². The predicted molar refractivity (Wildman–Crippen MR) is 131 cm³/mol. The number of aryl methyl sites for hydroxylation is 1. The molecule has 1 aromatic heterocycles. The van der Waals surface area contributed by atoms with Gasteiger partial charge >= 0.3 is 0 Å². The molecule has 3 aromatic rings. The molecule has 2 atom stereocenters. The first-order valence-corrected chi connectivity index (χ1v) is 12.1. The van der Waals surface area contributed by atoms with Crippen LogP contribution in [0.25, 0.3) is 16.9 Å². The van der Waals surface area contributed by atoms with Crippen LogP contribution in [0.5, 0.6) is 0 Å². The third kappa shape index (κ3) is 5.06. The Hall–Kier alpha value is -3.00. The summed E-state index contributed by atoms with van der Waals surface area (Å²) in [7, 11) is 0. The second kappa shape index (κ2) is 10.5. The number of benzene rings is 2. The number of nitrogens with one attached hydrogen (secondary N) is 1. The van der Waals surface area contributed by atoms with Gasteiger partial charge in [-0.05, 0) is 31.5 Å². The molecule has 178 valence electrons. The summed E-state index contributed by atoms with van der Waals surface area (Å²) in [6, 6.07) is 18.3. The summed E-state index contributed by atoms with van der Waals surface area (Å²) in [5, 5.41) is 8.05. The van der Waals surface area contributed by atoms with Crippen molar-refractivity contribution in [3.05, 3.63) is 71.9 Å². The molecule has 0 aliphatic carbocycles. The molecule has 5 rings (SSSR count). The zero-order chi connectivity index (χ0) is 23.3. The second-order valence-electron chi connectivity index (χ2n) is 9.09. The van der Waals surface area contributed by atoms with Gasteiger partial charge in [0.25, 0.3) is 5.91 Å². The van der Waals surface area contributed by atoms with Gasteiger partial charge in [-0.15, -0.1) is 0 Å². The maximum atomic E-state index is 13.5. The van der Waals surface area contributed by atoms with E-state index in [9.17, 15) is 4.79 Å². The van der Waals surface area contributed by atoms with Gasteiger partial charge in [0, 0.05) is 50.0 Å². The molecule has 2 fully saturated rings. The number of morpholine rings is 1. The molecule has 1 amide bonds. The summed E-state index contributed by atoms with van der Waals surface area (Å²) in [4.78, 5) is 16.0. The minimum Gasteiger partial charge on any atom is -0.381 e. The van der Waals surface area contributed by atoms with Gasteiger partial charge in [-0.25, -0.2) is 4.68 Å². The van der Waals surface area contributed by atoms with E-state index in [1.165, 1.54) is 0 Å². The van der Waals surface area contributed by atoms with Gasteiger partial charge in [0.1, 0.15) is 5.69 Å². The molecule has 0 bridgehead atoms. The number of aromatic nitrogens is 2. The van der Waals surface area contributed by atoms with Gasteiger partial charge in [0.2, 0.25) is 0 Å². The van der Waals surface area contributed by atoms with E-state index in [2.05, 4.69) is 16.3 Å². The minimum absolute atomic E-state index is 0.101. The van der Waals surface area contributed by atoms with Crippen molar-refractivity contribution in [2.24, 2.45) is 5.92 Å². The fourth-order valence-electron chi connectivity index (χ4n) is 4.91. The Morgan fingerprint density at radius 1 is 1.09 bits per heavy atom. The fourth-order valence-corrected chi connectivity index (χ4v) is 4.91. The van der Waals surface area contributed by atoms with E-state index in [0.29, 0.717) is 23.7 Å². The van der Waals surface area contributed by atoms with Gasteiger partial charge in [-0.3, -0.25) is 9.69 Å². The van der Waals surface area contributed by atoms with Gasteiger partial charge in [0.05, 0.1) is 31.1 Å². The lowest BCUT2D eigenvalue weighted by Crippen LogP contribution is -2.52. The molecule has 2 unspecified atom stereocenters. The van der Waals surface area contributed by atoms with Gasteiger partial charge in [0.15, 0.2) is 0 Å². The monoisotopic (exact) mass is 460 g/mol. The van der Waals surface area contributed by atoms with Crippen LogP contribution in [0, 0.1) is 12.8 Å². The largest absolute Gasteiger partial charge is 0.381 e. The highest BCUT2D eigenvalue weighted by Crippen LogP contribution is 2.26. The molecular weight excluding hydrogens is 428 g/mol. The summed E-state index contributed by atoms with van der Waals surface area (Å²) < 4.78 is 13.0. The molecule has 2 saturated heterocycles. The van der Waals surface area contributed by atoms with Crippen molar-refractivity contribution in [1.29, 1.82) is 0 Å². The Labute approximate surface area is 200 Å². The Morgan fingerprint density at radius 2 is 1.91 bits per heavy atom. The number of para-hydroxylation sites is 1. The number of hydrogen-bond acceptors (Lipinski definition) is 5. The fraction of sp³-hybridized carbons (Fsp3) is 0.407. The molecule has 34 heavy (non-hydrogen) atoms. The molecule has 7 nitrogen and oxygen atoms in total. The predicted octanol–water partition coefficient (Wildman–Crippen LogP) is 3.31. The maximum absolute atomic E-state index is 13.5. The maximum Gasteiger partial charge on any atom is 0.255 e. The van der Waals surface area contributed by atoms with E-state index in [4.69, 9.17) is 14.6 Å². The van der Waals surface area contributed by atoms with Crippen molar-refractivity contribution in [3.8, 4) is 16.9 Å². The highest BCUT2D eigenvalue weighted by atomic mass is 16.5. The van der Waals surface area contributed by atoms with E-state index in [-0.39, 0.29) is 11.9 Å². The number of hydrogen-bond donors (Lipinski definition) is 1. The number of carbonyl (C=O) groups is 1. The smallest absolute Gasteiger partial charge is 0.255 e. The van der Waals surface area contributed by atoms with Crippen LogP contribution in [-0.4, -0.2) is 72.7 Å². The lowest BCUT2D eigenvalue weighted by molar-refractivity contribution is 0.00166. The third-order valence-electron chi connectivity index (χ3n) is 6.77. The van der Waals surface area contributed by atoms with Crippen molar-refractivity contribution >= 4 is 5.91 Å². The molecular formula is C27H32N4O3. The third-order valence-corrected chi connectivity index (χ3v) is 6.77. The summed E-state index contributed by atoms with van der Waals surface area (Å²) >= 11 is 0. The number of rotatable bonds is 7. The number of amides is 1. The number of carbonyl (C=O) groups excluding carboxylic acids is 1. The van der Waals surface area contributed by atoms with E-state index < -0.39 is 0 Å². The molecule has 0 spiro atoms. The molecule has 2 aromatic carbocycles. The van der Waals surface area contributed by atoms with Crippen LogP contribution in [0.2, 0.25) is 0 Å². The van der Waals surface area contributed by atoms with Gasteiger partial charge < -0.3 is 14.8 Å². The topological polar surface area (TPSA) is 68.6 Å². The zero-order valence-electron chi connectivity index (χ0n) is 19.7. The molecule has 0 radical (unpaired) electrons. The van der Waals surface area contributed by atoms with Crippen LogP contribution in [0.3, 0.4) is 0 Å². The Balaban J connectivity index is 1.41. The standard InChI is InChI=1S/C27H32N4O3/c1-20-6-5-7-21(16-20)26-24(18-31(29-26)23-8-3-2-4-9-23)27(32)28-17-25(22-10-13-34-19-22)30-11-14-33-15-12-30/h2-9,16,18,22,25H,10-15,17,19H2,1H3,(H,28,32). The minimum atomic E-state index is -0.101. The average molecular weight is 461 g/mol. The Morgan fingerprint density at radius 3 is 2.65 bits per heavy atom. The average Bonchev–Trinajstić information content (AvgIpc) is 3.56. The molecule has 1 N–H and O–H groups in total. The molecule has 2 aliphatic rings. The van der Waals surface area contributed by atoms with Crippen LogP contribution < -0.4 is 5.32 Å². The van der Waals surface area contributed by atoms with Crippen molar-refractivity contribution in [3.63, 3.8) is 0 Å². The van der Waals surface area contributed by atoms with E-state index in [1.807, 2.05) is 61.7 Å². The quantitative estimate of drug-likeness (QED) is 0.586. The van der Waals surface area contributed by atoms with Crippen LogP contribution in [0.4, 0.5) is 0 Å². The van der Waals surface area contributed by atoms with Crippen LogP contribution >= 0.6 is 0 Å². The number of ether oxygens (including phenoxy) is 2. The number of nitrogens with zero attached hydrogens (tertiary/aromatic N) is 3. The molecule has 0 saturated carbocycles. The SMILES string of the molecule is Cc1cccc(-c2nn(-c3ccccc3)cc2C(=O)NCC(C2CCOC2)N2CCOCC2)c1. The zero-order valence-corrected chi connectivity index (χ0v) is 19.7. The van der Waals surface area contributed by atoms with Crippen LogP contribution in [0.15, 0.2) is 60.8 Å². The van der Waals surface area contributed by atoms with Gasteiger partial charge in [-0.2, -0.15) is 5.10 Å². The summed E-state index contributed by atoms with van der Waals surface area (Å²) in [6.07, 6.45) is 2.86. The lowest BCUT2D eigenvalue weighted by atomic mass is 9.96. The second-order valence-corrected chi connectivity index (χ2v) is 9.09. The lowest BCUT2D eigenvalue weighted by Gasteiger charge is -2.37. The van der Waals surface area contributed by atoms with Crippen molar-refractivity contribution in [2.45, 2.75) is 19.4 Å². The highest BCUT2D eigenvalue weighted by Gasteiger charge is 2.32. The Kier molecular flexibility index (Phi) is 7.04. The summed E-state index contributed by atoms with van der Waals surface area (Å²) in [5.41, 5.74) is 4.26. The van der Waals surface area contributed by atoms with E-state index >= 15 is 0 Å². The first-order chi connectivity index (χ1) is 16.7. The normalized spacial score (nSPS) is 19.7. The van der Waals surface area contributed by atoms with Gasteiger partial charge in [-0.1, -0.05) is 42.0 Å². The first-order valence-electron chi connectivity index (χ1n) is 12.1. The van der Waals surface area contributed by atoms with E-state index in [0.717, 1.165) is 62.8 Å². The van der Waals surface area contributed by atoms with Crippen molar-refractivity contribution in [2.75, 3.05) is 46.1 Å². The van der Waals surface area contributed by atoms with Crippen molar-refractivity contribution < 1.29 is 14.3 Å². The van der Waals surface area contributed by atoms with Crippen LogP contribution in [0.1, 0.15) is 22.3 Å². The first kappa shape index (κ1) is 22.8. The summed E-state index contributed by atoms with van der Waals surface area (Å²) in [6.45, 7) is 7.41. The van der Waals surface area contributed by atoms with E-state index in [1.54, 1.807) is 4.68 Å². The highest BCUT2D eigenvalue weighted by molar-refractivity contribution is 6.00. The molecule has 2 aliphatic heterocycles. The summed E-state index contributed by atoms with van der Waals surface area (Å²) in [5.74, 6) is 0.317. The molecule has 7 heteroatoms. The Bertz CT molecular complexity index is 1100. The molecule has 3 heterocycles.